The van der Waals surface area contributed by atoms with Gasteiger partial charge in [-0.1, -0.05) is 48.2 Å². The number of nitrogens with one attached hydrogen (secondary N) is 1. The SMILES string of the molecule is O=Cc1ccc(C#CCCNC(=O)OCc2ccccc2)c(C(F)(F)F)c1. The van der Waals surface area contributed by atoms with Crippen LogP contribution in [0.1, 0.15) is 33.5 Å². The van der Waals surface area contributed by atoms with Crippen molar-refractivity contribution in [3.8, 4) is 11.8 Å². The summed E-state index contributed by atoms with van der Waals surface area (Å²) in [4.78, 5) is 22.2. The summed E-state index contributed by atoms with van der Waals surface area (Å²) in [7, 11) is 0. The second-order valence-corrected chi connectivity index (χ2v) is 5.46. The third-order valence-corrected chi connectivity index (χ3v) is 3.44. The molecule has 2 aromatic rings. The molecule has 2 rings (SSSR count). The molecule has 7 heteroatoms. The number of rotatable bonds is 5. The van der Waals surface area contributed by atoms with E-state index in [1.165, 1.54) is 6.07 Å². The number of alkyl carbamates (subject to hydrolysis) is 1. The minimum absolute atomic E-state index is 0.0734. The summed E-state index contributed by atoms with van der Waals surface area (Å²) in [6, 6.07) is 12.3. The highest BCUT2D eigenvalue weighted by atomic mass is 19.4. The van der Waals surface area contributed by atoms with E-state index in [0.717, 1.165) is 17.7 Å². The molecule has 0 spiro atoms. The zero-order valence-corrected chi connectivity index (χ0v) is 14.2. The van der Waals surface area contributed by atoms with E-state index in [2.05, 4.69) is 17.2 Å². The van der Waals surface area contributed by atoms with E-state index in [1.807, 2.05) is 30.3 Å². The van der Waals surface area contributed by atoms with Crippen molar-refractivity contribution in [3.05, 3.63) is 70.8 Å². The van der Waals surface area contributed by atoms with Crippen LogP contribution in [0.3, 0.4) is 0 Å². The third-order valence-electron chi connectivity index (χ3n) is 3.44. The Kier molecular flexibility index (Phi) is 7.00. The highest BCUT2D eigenvalue weighted by Crippen LogP contribution is 2.32. The number of amides is 1. The molecule has 1 N–H and O–H groups in total. The number of benzene rings is 2. The molecule has 0 atom stereocenters. The van der Waals surface area contributed by atoms with Crippen molar-refractivity contribution in [1.82, 2.24) is 5.32 Å². The van der Waals surface area contributed by atoms with Crippen LogP contribution in [0.15, 0.2) is 48.5 Å². The number of alkyl halides is 3. The number of hydrogen-bond acceptors (Lipinski definition) is 3. The summed E-state index contributed by atoms with van der Waals surface area (Å²) >= 11 is 0. The van der Waals surface area contributed by atoms with Gasteiger partial charge in [0.1, 0.15) is 12.9 Å². The molecule has 0 aliphatic heterocycles. The van der Waals surface area contributed by atoms with Crippen molar-refractivity contribution < 1.29 is 27.5 Å². The van der Waals surface area contributed by atoms with Crippen molar-refractivity contribution in [2.24, 2.45) is 0 Å². The summed E-state index contributed by atoms with van der Waals surface area (Å²) in [5.74, 6) is 5.00. The molecular weight excluding hydrogens is 359 g/mol. The first kappa shape index (κ1) is 20.0. The summed E-state index contributed by atoms with van der Waals surface area (Å²) in [6.45, 7) is 0.255. The van der Waals surface area contributed by atoms with Crippen molar-refractivity contribution in [1.29, 1.82) is 0 Å². The second-order valence-electron chi connectivity index (χ2n) is 5.46. The zero-order chi connectivity index (χ0) is 19.7. The Bertz CT molecular complexity index is 852. The maximum atomic E-state index is 13.0. The number of carbonyl (C=O) groups is 2. The molecule has 1 amide bonds. The predicted molar refractivity (Wildman–Crippen MR) is 93.0 cm³/mol. The van der Waals surface area contributed by atoms with Gasteiger partial charge in [0.05, 0.1) is 5.56 Å². The van der Waals surface area contributed by atoms with Crippen LogP contribution in [0.5, 0.6) is 0 Å². The zero-order valence-electron chi connectivity index (χ0n) is 14.2. The average Bonchev–Trinajstić information content (AvgIpc) is 2.66. The van der Waals surface area contributed by atoms with Crippen LogP contribution in [-0.4, -0.2) is 18.9 Å². The quantitative estimate of drug-likeness (QED) is 0.484. The molecule has 4 nitrogen and oxygen atoms in total. The molecule has 0 fully saturated rings. The number of aldehydes is 1. The standard InChI is InChI=1S/C20H16F3NO3/c21-20(22,23)18-12-16(13-25)9-10-17(18)8-4-5-11-24-19(26)27-14-15-6-2-1-3-7-15/h1-3,6-7,9-10,12-13H,5,11,14H2,(H,24,26). The first-order valence-corrected chi connectivity index (χ1v) is 8.00. The van der Waals surface area contributed by atoms with Crippen molar-refractivity contribution in [2.75, 3.05) is 6.54 Å². The van der Waals surface area contributed by atoms with Crippen molar-refractivity contribution in [2.45, 2.75) is 19.2 Å². The third kappa shape index (κ3) is 6.51. The van der Waals surface area contributed by atoms with Gasteiger partial charge in [-0.15, -0.1) is 0 Å². The number of carbonyl (C=O) groups excluding carboxylic acids is 2. The first-order valence-electron chi connectivity index (χ1n) is 8.00. The normalized spacial score (nSPS) is 10.5. The van der Waals surface area contributed by atoms with Gasteiger partial charge >= 0.3 is 12.3 Å². The van der Waals surface area contributed by atoms with Crippen LogP contribution < -0.4 is 5.32 Å². The predicted octanol–water partition coefficient (Wildman–Crippen LogP) is 4.19. The van der Waals surface area contributed by atoms with Crippen LogP contribution >= 0.6 is 0 Å². The molecule has 0 bridgehead atoms. The molecule has 140 valence electrons. The Morgan fingerprint density at radius 2 is 1.89 bits per heavy atom. The van der Waals surface area contributed by atoms with Crippen LogP contribution in [0.4, 0.5) is 18.0 Å². The fourth-order valence-electron chi connectivity index (χ4n) is 2.14. The molecule has 0 saturated heterocycles. The number of ether oxygens (including phenoxy) is 1. The summed E-state index contributed by atoms with van der Waals surface area (Å²) in [6.07, 6.45) is -4.75. The maximum absolute atomic E-state index is 13.0. The molecule has 0 radical (unpaired) electrons. The smallest absolute Gasteiger partial charge is 0.417 e. The lowest BCUT2D eigenvalue weighted by atomic mass is 10.0. The summed E-state index contributed by atoms with van der Waals surface area (Å²) in [5.41, 5.74) is -0.420. The Labute approximate surface area is 154 Å². The molecule has 2 aromatic carbocycles. The molecule has 0 heterocycles. The Morgan fingerprint density at radius 1 is 1.15 bits per heavy atom. The molecule has 0 aliphatic carbocycles. The fourth-order valence-corrected chi connectivity index (χ4v) is 2.14. The number of hydrogen-bond donors (Lipinski definition) is 1. The van der Waals surface area contributed by atoms with Crippen LogP contribution in [0.2, 0.25) is 0 Å². The second kappa shape index (κ2) is 9.43. The van der Waals surface area contributed by atoms with Crippen molar-refractivity contribution in [3.63, 3.8) is 0 Å². The van der Waals surface area contributed by atoms with E-state index in [1.54, 1.807) is 0 Å². The molecule has 27 heavy (non-hydrogen) atoms. The van der Waals surface area contributed by atoms with E-state index in [9.17, 15) is 22.8 Å². The molecular formula is C20H16F3NO3. The van der Waals surface area contributed by atoms with Gasteiger partial charge in [-0.25, -0.2) is 4.79 Å². The van der Waals surface area contributed by atoms with E-state index in [4.69, 9.17) is 4.74 Å². The lowest BCUT2D eigenvalue weighted by Crippen LogP contribution is -2.24. The lowest BCUT2D eigenvalue weighted by molar-refractivity contribution is -0.137. The van der Waals surface area contributed by atoms with E-state index >= 15 is 0 Å². The van der Waals surface area contributed by atoms with E-state index in [-0.39, 0.29) is 30.7 Å². The maximum Gasteiger partial charge on any atom is 0.417 e. The van der Waals surface area contributed by atoms with Crippen molar-refractivity contribution >= 4 is 12.4 Å². The van der Waals surface area contributed by atoms with E-state index in [0.29, 0.717) is 6.29 Å². The Morgan fingerprint density at radius 3 is 2.56 bits per heavy atom. The molecule has 0 unspecified atom stereocenters. The Balaban J connectivity index is 1.85. The topological polar surface area (TPSA) is 55.4 Å². The average molecular weight is 375 g/mol. The summed E-state index contributed by atoms with van der Waals surface area (Å²) in [5, 5.41) is 2.47. The first-order chi connectivity index (χ1) is 12.9. The summed E-state index contributed by atoms with van der Waals surface area (Å²) < 4.78 is 44.0. The van der Waals surface area contributed by atoms with Gasteiger partial charge in [0.15, 0.2) is 0 Å². The fraction of sp³-hybridized carbons (Fsp3) is 0.200. The van der Waals surface area contributed by atoms with E-state index < -0.39 is 17.8 Å². The molecule has 0 aromatic heterocycles. The van der Waals surface area contributed by atoms with Gasteiger partial charge < -0.3 is 10.1 Å². The minimum atomic E-state index is -4.61. The highest BCUT2D eigenvalue weighted by molar-refractivity contribution is 5.75. The minimum Gasteiger partial charge on any atom is -0.445 e. The van der Waals surface area contributed by atoms with Gasteiger partial charge in [-0.3, -0.25) is 4.79 Å². The van der Waals surface area contributed by atoms with Crippen LogP contribution in [0, 0.1) is 11.8 Å². The number of halogens is 3. The van der Waals surface area contributed by atoms with Gasteiger partial charge in [0.2, 0.25) is 0 Å². The van der Waals surface area contributed by atoms with Gasteiger partial charge in [0, 0.05) is 24.1 Å². The van der Waals surface area contributed by atoms with Crippen LogP contribution in [0.25, 0.3) is 0 Å². The molecule has 0 saturated carbocycles. The van der Waals surface area contributed by atoms with Gasteiger partial charge in [-0.2, -0.15) is 13.2 Å². The van der Waals surface area contributed by atoms with Crippen LogP contribution in [-0.2, 0) is 17.5 Å². The largest absolute Gasteiger partial charge is 0.445 e. The monoisotopic (exact) mass is 375 g/mol. The highest BCUT2D eigenvalue weighted by Gasteiger charge is 2.33. The lowest BCUT2D eigenvalue weighted by Gasteiger charge is -2.09. The Hall–Kier alpha value is -3.27. The van der Waals surface area contributed by atoms with Gasteiger partial charge in [0.25, 0.3) is 0 Å². The van der Waals surface area contributed by atoms with Gasteiger partial charge in [-0.05, 0) is 17.7 Å². The molecule has 0 aliphatic rings.